The van der Waals surface area contributed by atoms with Gasteiger partial charge >= 0.3 is 0 Å². The maximum absolute atomic E-state index is 10.6. The average molecular weight is 286 g/mol. The first-order valence-electron chi connectivity index (χ1n) is 8.59. The molecule has 0 saturated heterocycles. The fraction of sp³-hybridized carbons (Fsp3) is 0.684. The molecule has 0 bridgehead atoms. The standard InChI is InChI=1S/C19H26O2/c1-19-10-9-15-14-8-6-13(20)11-12(14)5-7-16(15)17(19)3-2-4-18(19)21/h6,8,11,15-18,20-21H,2-5,7,9-10H2,1H3/t15?,16?,17?,18-,19-/m0/s1. The third-order valence-corrected chi connectivity index (χ3v) is 6.90. The molecule has 2 N–H and O–H groups in total. The minimum Gasteiger partial charge on any atom is -0.508 e. The number of hydrogen-bond donors (Lipinski definition) is 2. The van der Waals surface area contributed by atoms with Crippen molar-refractivity contribution >= 4 is 0 Å². The minimum atomic E-state index is -0.0987. The van der Waals surface area contributed by atoms with E-state index in [0.29, 0.717) is 17.6 Å². The van der Waals surface area contributed by atoms with Crippen LogP contribution in [0, 0.1) is 17.3 Å². The van der Waals surface area contributed by atoms with E-state index in [9.17, 15) is 10.2 Å². The van der Waals surface area contributed by atoms with Crippen molar-refractivity contribution in [2.24, 2.45) is 17.3 Å². The SMILES string of the molecule is C[C@]12CCC3c4ccc(O)cc4CCC3C1CCC[C@@H]2O. The number of benzene rings is 1. The van der Waals surface area contributed by atoms with Crippen LogP contribution in [-0.2, 0) is 6.42 Å². The van der Waals surface area contributed by atoms with Crippen LogP contribution in [0.15, 0.2) is 18.2 Å². The Morgan fingerprint density at radius 1 is 1.14 bits per heavy atom. The second-order valence-corrected chi connectivity index (χ2v) is 7.79. The van der Waals surface area contributed by atoms with Gasteiger partial charge in [-0.25, -0.2) is 0 Å². The molecule has 0 aromatic heterocycles. The van der Waals surface area contributed by atoms with E-state index in [1.807, 2.05) is 12.1 Å². The maximum atomic E-state index is 10.6. The van der Waals surface area contributed by atoms with Gasteiger partial charge in [0.15, 0.2) is 0 Å². The highest BCUT2D eigenvalue weighted by molar-refractivity contribution is 5.40. The Hall–Kier alpha value is -1.02. The van der Waals surface area contributed by atoms with E-state index in [4.69, 9.17) is 0 Å². The molecule has 2 saturated carbocycles. The number of fused-ring (bicyclic) bond motifs is 5. The summed E-state index contributed by atoms with van der Waals surface area (Å²) < 4.78 is 0. The van der Waals surface area contributed by atoms with E-state index in [-0.39, 0.29) is 11.5 Å². The van der Waals surface area contributed by atoms with Crippen molar-refractivity contribution in [2.75, 3.05) is 0 Å². The molecule has 114 valence electrons. The van der Waals surface area contributed by atoms with Gasteiger partial charge in [0.1, 0.15) is 5.75 Å². The van der Waals surface area contributed by atoms with Gasteiger partial charge in [0.25, 0.3) is 0 Å². The van der Waals surface area contributed by atoms with Crippen LogP contribution in [0.4, 0.5) is 0 Å². The Kier molecular flexibility index (Phi) is 3.08. The molecule has 3 aliphatic carbocycles. The molecule has 2 fully saturated rings. The van der Waals surface area contributed by atoms with Gasteiger partial charge in [-0.3, -0.25) is 0 Å². The Morgan fingerprint density at radius 2 is 2.00 bits per heavy atom. The third kappa shape index (κ3) is 1.95. The van der Waals surface area contributed by atoms with Gasteiger partial charge in [0, 0.05) is 0 Å². The zero-order valence-electron chi connectivity index (χ0n) is 12.9. The van der Waals surface area contributed by atoms with Crippen molar-refractivity contribution in [3.63, 3.8) is 0 Å². The second kappa shape index (κ2) is 4.74. The molecular weight excluding hydrogens is 260 g/mol. The summed E-state index contributed by atoms with van der Waals surface area (Å²) in [5.74, 6) is 2.47. The summed E-state index contributed by atoms with van der Waals surface area (Å²) in [6, 6.07) is 5.98. The molecule has 3 aliphatic rings. The summed E-state index contributed by atoms with van der Waals surface area (Å²) in [6.07, 6.45) is 8.05. The van der Waals surface area contributed by atoms with E-state index in [2.05, 4.69) is 13.0 Å². The monoisotopic (exact) mass is 286 g/mol. The molecular formula is C19H26O2. The summed E-state index contributed by atoms with van der Waals surface area (Å²) in [7, 11) is 0. The van der Waals surface area contributed by atoms with Crippen molar-refractivity contribution in [1.82, 2.24) is 0 Å². The highest BCUT2D eigenvalue weighted by Crippen LogP contribution is 2.59. The van der Waals surface area contributed by atoms with E-state index >= 15 is 0 Å². The van der Waals surface area contributed by atoms with Gasteiger partial charge in [-0.15, -0.1) is 0 Å². The zero-order valence-corrected chi connectivity index (χ0v) is 12.9. The Labute approximate surface area is 127 Å². The smallest absolute Gasteiger partial charge is 0.115 e. The highest BCUT2D eigenvalue weighted by Gasteiger charge is 2.52. The lowest BCUT2D eigenvalue weighted by atomic mass is 9.50. The van der Waals surface area contributed by atoms with E-state index < -0.39 is 0 Å². The molecule has 0 heterocycles. The molecule has 3 unspecified atom stereocenters. The molecule has 2 nitrogen and oxygen atoms in total. The minimum absolute atomic E-state index is 0.0987. The number of aliphatic hydroxyl groups is 1. The number of rotatable bonds is 0. The largest absolute Gasteiger partial charge is 0.508 e. The summed E-state index contributed by atoms with van der Waals surface area (Å²) in [6.45, 7) is 2.34. The van der Waals surface area contributed by atoms with Crippen LogP contribution in [0.1, 0.15) is 62.5 Å². The fourth-order valence-corrected chi connectivity index (χ4v) is 5.73. The van der Waals surface area contributed by atoms with Gasteiger partial charge in [-0.2, -0.15) is 0 Å². The van der Waals surface area contributed by atoms with Crippen LogP contribution in [0.25, 0.3) is 0 Å². The van der Waals surface area contributed by atoms with Crippen molar-refractivity contribution in [3.8, 4) is 5.75 Å². The summed E-state index contributed by atoms with van der Waals surface area (Å²) >= 11 is 0. The predicted octanol–water partition coefficient (Wildman–Crippen LogP) is 4.00. The maximum Gasteiger partial charge on any atom is 0.115 e. The van der Waals surface area contributed by atoms with Gasteiger partial charge in [-0.05, 0) is 85.0 Å². The quantitative estimate of drug-likeness (QED) is 0.757. The number of aliphatic hydroxyl groups excluding tert-OH is 1. The molecule has 0 radical (unpaired) electrons. The molecule has 1 aromatic rings. The van der Waals surface area contributed by atoms with E-state index in [0.717, 1.165) is 25.2 Å². The van der Waals surface area contributed by atoms with Gasteiger partial charge < -0.3 is 10.2 Å². The summed E-state index contributed by atoms with van der Waals surface area (Å²) in [5.41, 5.74) is 2.98. The second-order valence-electron chi connectivity index (χ2n) is 7.79. The van der Waals surface area contributed by atoms with Crippen molar-refractivity contribution in [3.05, 3.63) is 29.3 Å². The van der Waals surface area contributed by atoms with Crippen LogP contribution < -0.4 is 0 Å². The first-order chi connectivity index (χ1) is 10.1. The topological polar surface area (TPSA) is 40.5 Å². The van der Waals surface area contributed by atoms with Gasteiger partial charge in [0.05, 0.1) is 6.10 Å². The zero-order chi connectivity index (χ0) is 14.6. The van der Waals surface area contributed by atoms with Gasteiger partial charge in [0.2, 0.25) is 0 Å². The lowest BCUT2D eigenvalue weighted by Gasteiger charge is -2.56. The third-order valence-electron chi connectivity index (χ3n) is 6.90. The normalized spacial score (nSPS) is 41.8. The lowest BCUT2D eigenvalue weighted by molar-refractivity contribution is -0.0976. The summed E-state index contributed by atoms with van der Waals surface area (Å²) in [4.78, 5) is 0. The first-order valence-corrected chi connectivity index (χ1v) is 8.59. The molecule has 21 heavy (non-hydrogen) atoms. The summed E-state index contributed by atoms with van der Waals surface area (Å²) in [5, 5.41) is 20.3. The van der Waals surface area contributed by atoms with Crippen molar-refractivity contribution in [2.45, 2.75) is 63.9 Å². The van der Waals surface area contributed by atoms with Crippen LogP contribution in [0.5, 0.6) is 5.75 Å². The highest BCUT2D eigenvalue weighted by atomic mass is 16.3. The average Bonchev–Trinajstić information content (AvgIpc) is 2.48. The Balaban J connectivity index is 1.70. The Morgan fingerprint density at radius 3 is 2.86 bits per heavy atom. The van der Waals surface area contributed by atoms with E-state index in [1.54, 1.807) is 0 Å². The molecule has 5 atom stereocenters. The molecule has 2 heteroatoms. The van der Waals surface area contributed by atoms with Crippen LogP contribution in [0.3, 0.4) is 0 Å². The number of hydrogen-bond acceptors (Lipinski definition) is 2. The number of phenolic OH excluding ortho intramolecular Hbond substituents is 1. The molecule has 0 amide bonds. The number of aryl methyl sites for hydroxylation is 1. The number of aromatic hydroxyl groups is 1. The molecule has 4 rings (SSSR count). The predicted molar refractivity (Wildman–Crippen MR) is 83.3 cm³/mol. The molecule has 0 aliphatic heterocycles. The van der Waals surface area contributed by atoms with E-state index in [1.165, 1.54) is 36.8 Å². The number of phenols is 1. The van der Waals surface area contributed by atoms with Crippen LogP contribution >= 0.6 is 0 Å². The van der Waals surface area contributed by atoms with Gasteiger partial charge in [-0.1, -0.05) is 19.4 Å². The van der Waals surface area contributed by atoms with Crippen molar-refractivity contribution in [1.29, 1.82) is 0 Å². The molecule has 0 spiro atoms. The lowest BCUT2D eigenvalue weighted by Crippen LogP contribution is -2.51. The van der Waals surface area contributed by atoms with Crippen molar-refractivity contribution < 1.29 is 10.2 Å². The Bertz CT molecular complexity index is 552. The molecule has 1 aromatic carbocycles. The van der Waals surface area contributed by atoms with Crippen LogP contribution in [-0.4, -0.2) is 16.3 Å². The first kappa shape index (κ1) is 13.6. The fourth-order valence-electron chi connectivity index (χ4n) is 5.73. The van der Waals surface area contributed by atoms with Crippen LogP contribution in [0.2, 0.25) is 0 Å².